The molecule has 0 bridgehead atoms. The monoisotopic (exact) mass is 297 g/mol. The molecule has 20 heavy (non-hydrogen) atoms. The van der Waals surface area contributed by atoms with Crippen LogP contribution < -0.4 is 5.32 Å². The molecule has 1 aromatic heterocycles. The van der Waals surface area contributed by atoms with Gasteiger partial charge in [0, 0.05) is 26.4 Å². The van der Waals surface area contributed by atoms with E-state index in [-0.39, 0.29) is 5.82 Å². The number of rotatable bonds is 6. The number of halogens is 2. The summed E-state index contributed by atoms with van der Waals surface area (Å²) in [5, 5.41) is 7.86. The summed E-state index contributed by atoms with van der Waals surface area (Å²) in [6.45, 7) is 3.74. The van der Waals surface area contributed by atoms with Crippen LogP contribution in [0.3, 0.4) is 0 Å². The lowest BCUT2D eigenvalue weighted by Gasteiger charge is -2.07. The maximum absolute atomic E-state index is 14.1. The SMILES string of the molecule is COCCNCc1ccc(-n2cc(Cl)c(C)n2)c(F)c1. The zero-order chi connectivity index (χ0) is 14.5. The second kappa shape index (κ2) is 6.83. The van der Waals surface area contributed by atoms with E-state index in [4.69, 9.17) is 16.3 Å². The van der Waals surface area contributed by atoms with E-state index in [0.717, 1.165) is 12.1 Å². The Kier molecular flexibility index (Phi) is 5.11. The average molecular weight is 298 g/mol. The lowest BCUT2D eigenvalue weighted by molar-refractivity contribution is 0.199. The predicted octanol–water partition coefficient (Wildman–Crippen LogP) is 2.71. The van der Waals surface area contributed by atoms with Gasteiger partial charge in [-0.3, -0.25) is 0 Å². The first-order chi connectivity index (χ1) is 9.61. The van der Waals surface area contributed by atoms with Crippen LogP contribution in [0.2, 0.25) is 5.02 Å². The van der Waals surface area contributed by atoms with Crippen molar-refractivity contribution in [3.8, 4) is 5.69 Å². The number of nitrogens with zero attached hydrogens (tertiary/aromatic N) is 2. The average Bonchev–Trinajstić information content (AvgIpc) is 2.75. The highest BCUT2D eigenvalue weighted by Gasteiger charge is 2.09. The Hall–Kier alpha value is -1.43. The van der Waals surface area contributed by atoms with E-state index < -0.39 is 0 Å². The molecule has 0 atom stereocenters. The number of hydrogen-bond donors (Lipinski definition) is 1. The summed E-state index contributed by atoms with van der Waals surface area (Å²) in [6, 6.07) is 5.06. The predicted molar refractivity (Wildman–Crippen MR) is 76.9 cm³/mol. The molecule has 0 aliphatic rings. The van der Waals surface area contributed by atoms with E-state index in [1.165, 1.54) is 10.7 Å². The van der Waals surface area contributed by atoms with E-state index in [9.17, 15) is 4.39 Å². The summed E-state index contributed by atoms with van der Waals surface area (Å²) >= 11 is 5.93. The number of ether oxygens (including phenoxy) is 1. The minimum atomic E-state index is -0.324. The minimum Gasteiger partial charge on any atom is -0.383 e. The first-order valence-corrected chi connectivity index (χ1v) is 6.70. The van der Waals surface area contributed by atoms with E-state index >= 15 is 0 Å². The fourth-order valence-corrected chi connectivity index (χ4v) is 1.95. The molecule has 108 valence electrons. The van der Waals surface area contributed by atoms with Crippen molar-refractivity contribution < 1.29 is 9.13 Å². The van der Waals surface area contributed by atoms with Crippen LogP contribution in [-0.4, -0.2) is 30.0 Å². The molecule has 0 saturated heterocycles. The van der Waals surface area contributed by atoms with Crippen molar-refractivity contribution >= 4 is 11.6 Å². The van der Waals surface area contributed by atoms with Crippen molar-refractivity contribution in [1.29, 1.82) is 0 Å². The van der Waals surface area contributed by atoms with Gasteiger partial charge in [-0.2, -0.15) is 5.10 Å². The molecule has 0 saturated carbocycles. The van der Waals surface area contributed by atoms with Gasteiger partial charge < -0.3 is 10.1 Å². The molecular weight excluding hydrogens is 281 g/mol. The summed E-state index contributed by atoms with van der Waals surface area (Å²) in [7, 11) is 1.65. The van der Waals surface area contributed by atoms with Crippen LogP contribution in [0.1, 0.15) is 11.3 Å². The van der Waals surface area contributed by atoms with Gasteiger partial charge in [0.1, 0.15) is 11.5 Å². The molecule has 4 nitrogen and oxygen atoms in total. The van der Waals surface area contributed by atoms with Crippen molar-refractivity contribution in [2.75, 3.05) is 20.3 Å². The van der Waals surface area contributed by atoms with E-state index in [0.29, 0.717) is 29.6 Å². The maximum Gasteiger partial charge on any atom is 0.149 e. The molecule has 1 aromatic carbocycles. The van der Waals surface area contributed by atoms with Gasteiger partial charge in [-0.25, -0.2) is 9.07 Å². The fourth-order valence-electron chi connectivity index (χ4n) is 1.82. The molecule has 0 fully saturated rings. The molecule has 1 N–H and O–H groups in total. The number of methoxy groups -OCH3 is 1. The van der Waals surface area contributed by atoms with Crippen molar-refractivity contribution in [2.45, 2.75) is 13.5 Å². The van der Waals surface area contributed by atoms with Gasteiger partial charge in [-0.05, 0) is 24.6 Å². The fraction of sp³-hybridized carbons (Fsp3) is 0.357. The van der Waals surface area contributed by atoms with E-state index in [1.54, 1.807) is 26.3 Å². The van der Waals surface area contributed by atoms with Gasteiger partial charge in [0.2, 0.25) is 0 Å². The van der Waals surface area contributed by atoms with Crippen molar-refractivity contribution in [2.24, 2.45) is 0 Å². The van der Waals surface area contributed by atoms with Crippen LogP contribution in [0.25, 0.3) is 5.69 Å². The minimum absolute atomic E-state index is 0.324. The summed E-state index contributed by atoms with van der Waals surface area (Å²) < 4.78 is 20.5. The molecule has 0 amide bonds. The Morgan fingerprint density at radius 1 is 1.45 bits per heavy atom. The molecule has 0 aliphatic heterocycles. The number of hydrogen-bond acceptors (Lipinski definition) is 3. The normalized spacial score (nSPS) is 11.0. The van der Waals surface area contributed by atoms with Gasteiger partial charge >= 0.3 is 0 Å². The van der Waals surface area contributed by atoms with E-state index in [1.807, 2.05) is 6.07 Å². The van der Waals surface area contributed by atoms with Gasteiger partial charge in [-0.15, -0.1) is 0 Å². The number of nitrogens with one attached hydrogen (secondary N) is 1. The Bertz CT molecular complexity index is 566. The van der Waals surface area contributed by atoms with Crippen LogP contribution in [0, 0.1) is 12.7 Å². The van der Waals surface area contributed by atoms with Gasteiger partial charge in [0.05, 0.1) is 17.3 Å². The third kappa shape index (κ3) is 3.56. The second-order valence-corrected chi connectivity index (χ2v) is 4.87. The Morgan fingerprint density at radius 2 is 2.25 bits per heavy atom. The largest absolute Gasteiger partial charge is 0.383 e. The summed E-state index contributed by atoms with van der Waals surface area (Å²) in [5.41, 5.74) is 1.94. The zero-order valence-electron chi connectivity index (χ0n) is 11.5. The highest BCUT2D eigenvalue weighted by Crippen LogP contribution is 2.19. The standard InChI is InChI=1S/C14H17ClFN3O/c1-10-12(15)9-19(18-10)14-4-3-11(7-13(14)16)8-17-5-6-20-2/h3-4,7,9,17H,5-6,8H2,1-2H3. The Labute approximate surface area is 122 Å². The van der Waals surface area contributed by atoms with Gasteiger partial charge in [-0.1, -0.05) is 17.7 Å². The Morgan fingerprint density at radius 3 is 2.85 bits per heavy atom. The topological polar surface area (TPSA) is 39.1 Å². The summed E-state index contributed by atoms with van der Waals surface area (Å²) in [4.78, 5) is 0. The zero-order valence-corrected chi connectivity index (χ0v) is 12.2. The number of aryl methyl sites for hydroxylation is 1. The lowest BCUT2D eigenvalue weighted by atomic mass is 10.2. The van der Waals surface area contributed by atoms with Crippen molar-refractivity contribution in [1.82, 2.24) is 15.1 Å². The molecule has 2 rings (SSSR count). The number of benzene rings is 1. The molecule has 0 radical (unpaired) electrons. The highest BCUT2D eigenvalue weighted by atomic mass is 35.5. The maximum atomic E-state index is 14.1. The van der Waals surface area contributed by atoms with Crippen LogP contribution in [0.15, 0.2) is 24.4 Å². The first-order valence-electron chi connectivity index (χ1n) is 6.32. The molecule has 6 heteroatoms. The van der Waals surface area contributed by atoms with Crippen LogP contribution in [0.4, 0.5) is 4.39 Å². The lowest BCUT2D eigenvalue weighted by Crippen LogP contribution is -2.18. The molecule has 0 aliphatic carbocycles. The quantitative estimate of drug-likeness (QED) is 0.833. The number of aromatic nitrogens is 2. The third-order valence-corrected chi connectivity index (χ3v) is 3.28. The Balaban J connectivity index is 2.09. The smallest absolute Gasteiger partial charge is 0.149 e. The summed E-state index contributed by atoms with van der Waals surface area (Å²) in [6.07, 6.45) is 1.60. The second-order valence-electron chi connectivity index (χ2n) is 4.46. The molecule has 1 heterocycles. The van der Waals surface area contributed by atoms with Crippen LogP contribution in [-0.2, 0) is 11.3 Å². The van der Waals surface area contributed by atoms with Crippen molar-refractivity contribution in [3.05, 3.63) is 46.5 Å². The van der Waals surface area contributed by atoms with Gasteiger partial charge in [0.15, 0.2) is 0 Å². The third-order valence-electron chi connectivity index (χ3n) is 2.91. The summed E-state index contributed by atoms with van der Waals surface area (Å²) in [5.74, 6) is -0.324. The molecule has 2 aromatic rings. The van der Waals surface area contributed by atoms with Crippen LogP contribution in [0.5, 0.6) is 0 Å². The highest BCUT2D eigenvalue weighted by molar-refractivity contribution is 6.31. The van der Waals surface area contributed by atoms with Crippen molar-refractivity contribution in [3.63, 3.8) is 0 Å². The molecule has 0 spiro atoms. The molecular formula is C14H17ClFN3O. The molecule has 0 unspecified atom stereocenters. The first kappa shape index (κ1) is 15.0. The van der Waals surface area contributed by atoms with Crippen LogP contribution >= 0.6 is 11.6 Å². The van der Waals surface area contributed by atoms with E-state index in [2.05, 4.69) is 10.4 Å². The van der Waals surface area contributed by atoms with Gasteiger partial charge in [0.25, 0.3) is 0 Å².